The van der Waals surface area contributed by atoms with E-state index in [9.17, 15) is 4.79 Å². The quantitative estimate of drug-likeness (QED) is 0.473. The highest BCUT2D eigenvalue weighted by atomic mass is 16.1. The highest BCUT2D eigenvalue weighted by Crippen LogP contribution is 2.11. The van der Waals surface area contributed by atoms with Crippen molar-refractivity contribution in [2.24, 2.45) is 9.98 Å². The number of rotatable bonds is 0. The second-order valence-corrected chi connectivity index (χ2v) is 2.02. The van der Waals surface area contributed by atoms with Crippen LogP contribution in [0.25, 0.3) is 0 Å². The van der Waals surface area contributed by atoms with Gasteiger partial charge in [-0.2, -0.15) is 0 Å². The summed E-state index contributed by atoms with van der Waals surface area (Å²) in [5.74, 6) is -0.109. The summed E-state index contributed by atoms with van der Waals surface area (Å²) in [5, 5.41) is 0. The van der Waals surface area contributed by atoms with Gasteiger partial charge in [-0.25, -0.2) is 0 Å². The molecular formula is C7H4N2O. The van der Waals surface area contributed by atoms with Gasteiger partial charge in [0, 0.05) is 18.0 Å². The molecule has 0 saturated heterocycles. The first-order valence-electron chi connectivity index (χ1n) is 2.90. The Bertz CT molecular complexity index is 302. The Morgan fingerprint density at radius 1 is 1.40 bits per heavy atom. The molecule has 0 aromatic carbocycles. The molecule has 0 N–H and O–H groups in total. The van der Waals surface area contributed by atoms with Gasteiger partial charge in [0.2, 0.25) is 5.78 Å². The smallest absolute Gasteiger partial charge is 0.222 e. The third-order valence-electron chi connectivity index (χ3n) is 1.37. The predicted octanol–water partition coefficient (Wildman–Crippen LogP) is 0.492. The van der Waals surface area contributed by atoms with Crippen LogP contribution in [0, 0.1) is 0 Å². The van der Waals surface area contributed by atoms with Crippen LogP contribution in [0.4, 0.5) is 0 Å². The van der Waals surface area contributed by atoms with Crippen LogP contribution in [0.1, 0.15) is 0 Å². The molecule has 0 aromatic heterocycles. The lowest BCUT2D eigenvalue weighted by Crippen LogP contribution is -2.17. The van der Waals surface area contributed by atoms with Gasteiger partial charge in [-0.15, -0.1) is 0 Å². The van der Waals surface area contributed by atoms with Crippen molar-refractivity contribution in [3.05, 3.63) is 24.0 Å². The van der Waals surface area contributed by atoms with E-state index in [2.05, 4.69) is 9.98 Å². The maximum Gasteiger partial charge on any atom is 0.222 e. The molecule has 0 aromatic rings. The topological polar surface area (TPSA) is 41.8 Å². The number of hydrogen-bond acceptors (Lipinski definition) is 3. The molecule has 0 saturated carbocycles. The number of allylic oxidation sites excluding steroid dienone is 2. The highest BCUT2D eigenvalue weighted by Gasteiger charge is 2.17. The van der Waals surface area contributed by atoms with Crippen LogP contribution in [0.15, 0.2) is 34.0 Å². The number of nitrogens with zero attached hydrogens (tertiary/aromatic N) is 2. The second-order valence-electron chi connectivity index (χ2n) is 2.02. The summed E-state index contributed by atoms with van der Waals surface area (Å²) in [4.78, 5) is 18.5. The fourth-order valence-corrected chi connectivity index (χ4v) is 0.902. The Labute approximate surface area is 57.5 Å². The van der Waals surface area contributed by atoms with E-state index in [4.69, 9.17) is 0 Å². The summed E-state index contributed by atoms with van der Waals surface area (Å²) >= 11 is 0. The minimum atomic E-state index is -0.109. The molecule has 0 bridgehead atoms. The molecule has 2 heterocycles. The summed E-state index contributed by atoms with van der Waals surface area (Å²) in [6.07, 6.45) is 6.27. The van der Waals surface area contributed by atoms with Crippen LogP contribution in [-0.4, -0.2) is 17.7 Å². The van der Waals surface area contributed by atoms with Crippen LogP contribution in [-0.2, 0) is 4.79 Å². The van der Waals surface area contributed by atoms with E-state index in [1.165, 1.54) is 6.21 Å². The third kappa shape index (κ3) is 0.572. The maximum atomic E-state index is 10.9. The third-order valence-corrected chi connectivity index (χ3v) is 1.37. The van der Waals surface area contributed by atoms with Gasteiger partial charge in [-0.05, 0) is 6.08 Å². The van der Waals surface area contributed by atoms with E-state index >= 15 is 0 Å². The van der Waals surface area contributed by atoms with Crippen molar-refractivity contribution in [1.29, 1.82) is 0 Å². The summed E-state index contributed by atoms with van der Waals surface area (Å²) in [6.45, 7) is 0. The highest BCUT2D eigenvalue weighted by molar-refractivity contribution is 6.65. The van der Waals surface area contributed by atoms with Crippen molar-refractivity contribution in [3.8, 4) is 0 Å². The molecule has 0 unspecified atom stereocenters. The van der Waals surface area contributed by atoms with Gasteiger partial charge in [0.05, 0.1) is 6.21 Å². The molecular weight excluding hydrogens is 128 g/mol. The van der Waals surface area contributed by atoms with E-state index in [1.807, 2.05) is 0 Å². The minimum absolute atomic E-state index is 0.109. The molecule has 3 heteroatoms. The first-order chi connectivity index (χ1) is 4.88. The van der Waals surface area contributed by atoms with Gasteiger partial charge in [0.25, 0.3) is 0 Å². The van der Waals surface area contributed by atoms with Gasteiger partial charge in [0.1, 0.15) is 5.71 Å². The Hall–Kier alpha value is -1.51. The Morgan fingerprint density at radius 3 is 3.10 bits per heavy atom. The number of Topliss-reactive ketones (excluding diaryl/α,β-unsaturated/α-hetero) is 1. The number of carbonyl (C=O) groups is 1. The molecule has 0 amide bonds. The summed E-state index contributed by atoms with van der Waals surface area (Å²) < 4.78 is 0. The van der Waals surface area contributed by atoms with E-state index in [1.54, 1.807) is 18.5 Å². The molecule has 0 aliphatic carbocycles. The lowest BCUT2D eigenvalue weighted by molar-refractivity contribution is -0.107. The zero-order valence-corrected chi connectivity index (χ0v) is 5.11. The first kappa shape index (κ1) is 5.29. The molecule has 2 aliphatic rings. The molecule has 2 rings (SSSR count). The van der Waals surface area contributed by atoms with Crippen molar-refractivity contribution >= 4 is 17.7 Å². The van der Waals surface area contributed by atoms with Gasteiger partial charge >= 0.3 is 0 Å². The monoisotopic (exact) mass is 132 g/mol. The maximum absolute atomic E-state index is 10.9. The Morgan fingerprint density at radius 2 is 2.30 bits per heavy atom. The summed E-state index contributed by atoms with van der Waals surface area (Å²) in [7, 11) is 0. The molecule has 0 atom stereocenters. The van der Waals surface area contributed by atoms with Crippen LogP contribution in [0.3, 0.4) is 0 Å². The predicted molar refractivity (Wildman–Crippen MR) is 38.2 cm³/mol. The van der Waals surface area contributed by atoms with Crippen molar-refractivity contribution < 1.29 is 4.79 Å². The Kier molecular flexibility index (Phi) is 0.917. The molecule has 10 heavy (non-hydrogen) atoms. The van der Waals surface area contributed by atoms with Crippen molar-refractivity contribution in [1.82, 2.24) is 0 Å². The van der Waals surface area contributed by atoms with Crippen LogP contribution >= 0.6 is 0 Å². The molecule has 3 nitrogen and oxygen atoms in total. The zero-order chi connectivity index (χ0) is 6.97. The molecule has 48 valence electrons. The number of fused-ring (bicyclic) bond motifs is 1. The molecule has 0 spiro atoms. The largest absolute Gasteiger partial charge is 0.286 e. The first-order valence-corrected chi connectivity index (χ1v) is 2.90. The molecule has 0 fully saturated rings. The number of hydrogen-bond donors (Lipinski definition) is 0. The average Bonchev–Trinajstić information content (AvgIpc) is 2.36. The molecule has 2 aliphatic heterocycles. The van der Waals surface area contributed by atoms with Gasteiger partial charge < -0.3 is 0 Å². The van der Waals surface area contributed by atoms with Crippen LogP contribution in [0.5, 0.6) is 0 Å². The van der Waals surface area contributed by atoms with E-state index < -0.39 is 0 Å². The van der Waals surface area contributed by atoms with E-state index in [-0.39, 0.29) is 5.78 Å². The standard InChI is InChI=1S/C7H4N2O/c10-6-4-8-3-5-1-2-9-7(5)6/h1-4H. The minimum Gasteiger partial charge on any atom is -0.286 e. The summed E-state index contributed by atoms with van der Waals surface area (Å²) in [6, 6.07) is 0. The number of ketones is 1. The summed E-state index contributed by atoms with van der Waals surface area (Å²) in [5.41, 5.74) is 1.32. The lowest BCUT2D eigenvalue weighted by Gasteiger charge is -1.99. The van der Waals surface area contributed by atoms with Crippen molar-refractivity contribution in [3.63, 3.8) is 0 Å². The van der Waals surface area contributed by atoms with Crippen molar-refractivity contribution in [2.75, 3.05) is 0 Å². The van der Waals surface area contributed by atoms with E-state index in [0.29, 0.717) is 5.71 Å². The normalized spacial score (nSPS) is 20.6. The van der Waals surface area contributed by atoms with Crippen LogP contribution < -0.4 is 0 Å². The average molecular weight is 132 g/mol. The van der Waals surface area contributed by atoms with Gasteiger partial charge in [-0.3, -0.25) is 14.8 Å². The Balaban J connectivity index is 2.54. The van der Waals surface area contributed by atoms with Gasteiger partial charge in [-0.1, -0.05) is 0 Å². The van der Waals surface area contributed by atoms with Crippen molar-refractivity contribution in [2.45, 2.75) is 0 Å². The fourth-order valence-electron chi connectivity index (χ4n) is 0.902. The van der Waals surface area contributed by atoms with Gasteiger partial charge in [0.15, 0.2) is 0 Å². The lowest BCUT2D eigenvalue weighted by atomic mass is 10.1. The second kappa shape index (κ2) is 1.73. The molecule has 0 radical (unpaired) electrons. The zero-order valence-electron chi connectivity index (χ0n) is 5.11. The SMILES string of the molecule is O=C1C=NC=C2C=CN=C12. The fraction of sp³-hybridized carbons (Fsp3) is 0. The number of carbonyl (C=O) groups excluding carboxylic acids is 1. The number of aliphatic imine (C=N–C) groups is 2. The van der Waals surface area contributed by atoms with Crippen LogP contribution in [0.2, 0.25) is 0 Å². The van der Waals surface area contributed by atoms with E-state index in [0.717, 1.165) is 5.57 Å².